The Kier molecular flexibility index (Phi) is 3.97. The fourth-order valence-electron chi connectivity index (χ4n) is 1.15. The molecule has 0 spiro atoms. The van der Waals surface area contributed by atoms with Crippen LogP contribution in [-0.4, -0.2) is 11.7 Å². The van der Waals surface area contributed by atoms with Crippen LogP contribution in [-0.2, 0) is 0 Å². The van der Waals surface area contributed by atoms with Crippen LogP contribution in [0.5, 0.6) is 0 Å². The maximum Gasteiger partial charge on any atom is 0.146 e. The van der Waals surface area contributed by atoms with Gasteiger partial charge in [0, 0.05) is 0 Å². The zero-order chi connectivity index (χ0) is 10.7. The first-order valence-corrected chi connectivity index (χ1v) is 4.88. The zero-order valence-electron chi connectivity index (χ0n) is 7.30. The molecule has 1 aromatic rings. The van der Waals surface area contributed by atoms with E-state index in [-0.39, 0.29) is 23.0 Å². The molecule has 5 heteroatoms. The number of benzene rings is 1. The summed E-state index contributed by atoms with van der Waals surface area (Å²) in [5.74, 6) is -1.53. The molecule has 1 rings (SSSR count). The molecule has 1 unspecified atom stereocenters. The molecular weight excluding hydrogens is 256 g/mol. The van der Waals surface area contributed by atoms with Crippen molar-refractivity contribution in [1.29, 1.82) is 0 Å². The molecule has 0 saturated heterocycles. The van der Waals surface area contributed by atoms with E-state index in [0.717, 1.165) is 6.07 Å². The van der Waals surface area contributed by atoms with Crippen molar-refractivity contribution in [2.24, 2.45) is 5.73 Å². The minimum Gasteiger partial charge on any atom is -0.388 e. The van der Waals surface area contributed by atoms with Crippen molar-refractivity contribution in [3.8, 4) is 0 Å². The van der Waals surface area contributed by atoms with Crippen molar-refractivity contribution in [3.63, 3.8) is 0 Å². The van der Waals surface area contributed by atoms with Gasteiger partial charge in [0.05, 0.1) is 16.1 Å². The second-order valence-electron chi connectivity index (χ2n) is 2.85. The highest BCUT2D eigenvalue weighted by Gasteiger charge is 2.19. The van der Waals surface area contributed by atoms with Crippen LogP contribution in [0.15, 0.2) is 16.6 Å². The van der Waals surface area contributed by atoms with Crippen molar-refractivity contribution < 1.29 is 13.9 Å². The first-order chi connectivity index (χ1) is 6.57. The van der Waals surface area contributed by atoms with Gasteiger partial charge in [-0.15, -0.1) is 0 Å². The number of rotatable bonds is 3. The molecule has 0 saturated carbocycles. The number of aliphatic hydroxyl groups excluding tert-OH is 1. The molecule has 14 heavy (non-hydrogen) atoms. The van der Waals surface area contributed by atoms with Gasteiger partial charge in [-0.2, -0.15) is 0 Å². The third-order valence-corrected chi connectivity index (χ3v) is 2.47. The minimum absolute atomic E-state index is 0.129. The van der Waals surface area contributed by atoms with E-state index in [2.05, 4.69) is 15.9 Å². The van der Waals surface area contributed by atoms with Crippen LogP contribution >= 0.6 is 15.9 Å². The van der Waals surface area contributed by atoms with Gasteiger partial charge >= 0.3 is 0 Å². The first kappa shape index (κ1) is 11.6. The molecule has 0 aliphatic carbocycles. The molecule has 0 aliphatic rings. The summed E-state index contributed by atoms with van der Waals surface area (Å²) >= 11 is 2.92. The van der Waals surface area contributed by atoms with Crippen molar-refractivity contribution in [2.45, 2.75) is 12.5 Å². The van der Waals surface area contributed by atoms with Gasteiger partial charge in [-0.25, -0.2) is 8.78 Å². The first-order valence-electron chi connectivity index (χ1n) is 4.09. The van der Waals surface area contributed by atoms with Gasteiger partial charge in [-0.3, -0.25) is 0 Å². The van der Waals surface area contributed by atoms with E-state index in [4.69, 9.17) is 5.73 Å². The number of hydrogen-bond donors (Lipinski definition) is 2. The van der Waals surface area contributed by atoms with Gasteiger partial charge in [-0.05, 0) is 41.0 Å². The molecule has 0 bridgehead atoms. The fourth-order valence-corrected chi connectivity index (χ4v) is 1.50. The van der Waals surface area contributed by atoms with Crippen molar-refractivity contribution in [2.75, 3.05) is 6.54 Å². The Labute approximate surface area is 88.9 Å². The molecular formula is C9H10BrF2NO. The average molecular weight is 266 g/mol. The summed E-state index contributed by atoms with van der Waals surface area (Å²) in [7, 11) is 0. The van der Waals surface area contributed by atoms with Crippen molar-refractivity contribution in [3.05, 3.63) is 33.8 Å². The molecule has 0 aromatic heterocycles. The normalized spacial score (nSPS) is 12.9. The molecule has 1 aromatic carbocycles. The molecule has 0 heterocycles. The summed E-state index contributed by atoms with van der Waals surface area (Å²) in [5.41, 5.74) is 4.86. The third-order valence-electron chi connectivity index (χ3n) is 1.85. The number of aliphatic hydroxyl groups is 1. The monoisotopic (exact) mass is 265 g/mol. The predicted molar refractivity (Wildman–Crippen MR) is 52.7 cm³/mol. The largest absolute Gasteiger partial charge is 0.388 e. The molecule has 1 atom stereocenters. The number of nitrogens with two attached hydrogens (primary N) is 1. The smallest absolute Gasteiger partial charge is 0.146 e. The Hall–Kier alpha value is -0.520. The van der Waals surface area contributed by atoms with Gasteiger partial charge in [0.15, 0.2) is 0 Å². The molecule has 0 radical (unpaired) electrons. The van der Waals surface area contributed by atoms with Crippen LogP contribution in [0, 0.1) is 11.6 Å². The summed E-state index contributed by atoms with van der Waals surface area (Å²) in [4.78, 5) is 0. The van der Waals surface area contributed by atoms with E-state index in [1.807, 2.05) is 0 Å². The van der Waals surface area contributed by atoms with Crippen molar-refractivity contribution >= 4 is 15.9 Å². The summed E-state index contributed by atoms with van der Waals surface area (Å²) in [5, 5.41) is 9.43. The van der Waals surface area contributed by atoms with E-state index < -0.39 is 17.7 Å². The maximum atomic E-state index is 13.3. The maximum absolute atomic E-state index is 13.3. The SMILES string of the molecule is NCCC(O)c1c(F)ccc(Br)c1F. The highest BCUT2D eigenvalue weighted by atomic mass is 79.9. The lowest BCUT2D eigenvalue weighted by Gasteiger charge is -2.12. The highest BCUT2D eigenvalue weighted by molar-refractivity contribution is 9.10. The third kappa shape index (κ3) is 2.29. The Bertz CT molecular complexity index is 333. The van der Waals surface area contributed by atoms with Gasteiger partial charge in [0.25, 0.3) is 0 Å². The lowest BCUT2D eigenvalue weighted by atomic mass is 10.1. The van der Waals surface area contributed by atoms with Crippen LogP contribution in [0.2, 0.25) is 0 Å². The second kappa shape index (κ2) is 4.82. The minimum atomic E-state index is -1.20. The summed E-state index contributed by atoms with van der Waals surface area (Å²) in [6, 6.07) is 2.35. The molecule has 0 aliphatic heterocycles. The standard InChI is InChI=1S/C9H10BrF2NO/c10-5-1-2-6(11)8(9(5)12)7(14)3-4-13/h1-2,7,14H,3-4,13H2. The van der Waals surface area contributed by atoms with Gasteiger partial charge in [0.1, 0.15) is 11.6 Å². The predicted octanol–water partition coefficient (Wildman–Crippen LogP) is 2.11. The lowest BCUT2D eigenvalue weighted by molar-refractivity contribution is 0.160. The van der Waals surface area contributed by atoms with E-state index >= 15 is 0 Å². The Morgan fingerprint density at radius 1 is 1.43 bits per heavy atom. The molecule has 2 nitrogen and oxygen atoms in total. The summed E-state index contributed by atoms with van der Waals surface area (Å²) < 4.78 is 26.6. The van der Waals surface area contributed by atoms with Crippen LogP contribution in [0.1, 0.15) is 18.1 Å². The second-order valence-corrected chi connectivity index (χ2v) is 3.70. The van der Waals surface area contributed by atoms with Crippen molar-refractivity contribution in [1.82, 2.24) is 0 Å². The van der Waals surface area contributed by atoms with Crippen LogP contribution in [0.4, 0.5) is 8.78 Å². The quantitative estimate of drug-likeness (QED) is 0.823. The van der Waals surface area contributed by atoms with E-state index in [1.54, 1.807) is 0 Å². The Morgan fingerprint density at radius 2 is 2.07 bits per heavy atom. The topological polar surface area (TPSA) is 46.2 Å². The van der Waals surface area contributed by atoms with Gasteiger partial charge in [0.2, 0.25) is 0 Å². The lowest BCUT2D eigenvalue weighted by Crippen LogP contribution is -2.10. The summed E-state index contributed by atoms with van der Waals surface area (Å²) in [6.45, 7) is 0.173. The highest BCUT2D eigenvalue weighted by Crippen LogP contribution is 2.27. The average Bonchev–Trinajstić information content (AvgIpc) is 2.13. The van der Waals surface area contributed by atoms with Crippen LogP contribution < -0.4 is 5.73 Å². The van der Waals surface area contributed by atoms with Crippen LogP contribution in [0.25, 0.3) is 0 Å². The molecule has 78 valence electrons. The zero-order valence-corrected chi connectivity index (χ0v) is 8.89. The Morgan fingerprint density at radius 3 is 2.64 bits per heavy atom. The molecule has 0 amide bonds. The molecule has 0 fully saturated rings. The van der Waals surface area contributed by atoms with Gasteiger partial charge in [-0.1, -0.05) is 0 Å². The number of halogens is 3. The van der Waals surface area contributed by atoms with Gasteiger partial charge < -0.3 is 10.8 Å². The fraction of sp³-hybridized carbons (Fsp3) is 0.333. The van der Waals surface area contributed by atoms with Crippen LogP contribution in [0.3, 0.4) is 0 Å². The van der Waals surface area contributed by atoms with E-state index in [1.165, 1.54) is 6.07 Å². The van der Waals surface area contributed by atoms with E-state index in [0.29, 0.717) is 0 Å². The summed E-state index contributed by atoms with van der Waals surface area (Å²) in [6.07, 6.45) is -1.07. The number of hydrogen-bond acceptors (Lipinski definition) is 2. The van der Waals surface area contributed by atoms with E-state index in [9.17, 15) is 13.9 Å². The molecule has 3 N–H and O–H groups in total. The Balaban J connectivity index is 3.11.